The maximum atomic E-state index is 11.7. The summed E-state index contributed by atoms with van der Waals surface area (Å²) < 4.78 is 7.19. The van der Waals surface area contributed by atoms with Crippen molar-refractivity contribution in [3.63, 3.8) is 0 Å². The predicted molar refractivity (Wildman–Crippen MR) is 74.5 cm³/mol. The molecule has 106 valence electrons. The molecule has 1 aliphatic heterocycles. The monoisotopic (exact) mass is 274 g/mol. The number of aryl methyl sites for hydroxylation is 1. The summed E-state index contributed by atoms with van der Waals surface area (Å²) in [4.78, 5) is 22.1. The lowest BCUT2D eigenvalue weighted by Gasteiger charge is -2.16. The first kappa shape index (κ1) is 12.9. The van der Waals surface area contributed by atoms with Crippen LogP contribution in [0.1, 0.15) is 25.1 Å². The van der Waals surface area contributed by atoms with Crippen LogP contribution in [0.15, 0.2) is 18.6 Å². The van der Waals surface area contributed by atoms with Crippen LogP contribution < -0.4 is 0 Å². The number of hydrogen-bond acceptors (Lipinski definition) is 4. The van der Waals surface area contributed by atoms with Gasteiger partial charge in [-0.25, -0.2) is 9.78 Å². The van der Waals surface area contributed by atoms with Crippen molar-refractivity contribution in [1.82, 2.24) is 19.4 Å². The summed E-state index contributed by atoms with van der Waals surface area (Å²) in [6.45, 7) is 5.61. The molecule has 0 aliphatic carbocycles. The summed E-state index contributed by atoms with van der Waals surface area (Å²) in [6, 6.07) is 2.29. The highest BCUT2D eigenvalue weighted by atomic mass is 16.6. The van der Waals surface area contributed by atoms with Gasteiger partial charge in [0.25, 0.3) is 0 Å². The van der Waals surface area contributed by atoms with Gasteiger partial charge in [0, 0.05) is 18.8 Å². The van der Waals surface area contributed by atoms with E-state index in [0.29, 0.717) is 13.2 Å². The number of carbonyl (C=O) groups excluding carboxylic acids is 1. The number of aromatic nitrogens is 3. The third-order valence-electron chi connectivity index (χ3n) is 3.68. The van der Waals surface area contributed by atoms with Crippen LogP contribution in [0, 0.1) is 6.92 Å². The number of likely N-dealkylation sites (tertiary alicyclic amines) is 1. The molecule has 1 saturated heterocycles. The molecule has 1 amide bonds. The highest BCUT2D eigenvalue weighted by Gasteiger charge is 2.28. The molecule has 1 aliphatic rings. The van der Waals surface area contributed by atoms with Crippen molar-refractivity contribution in [3.8, 4) is 0 Å². The lowest BCUT2D eigenvalue weighted by Crippen LogP contribution is -2.29. The van der Waals surface area contributed by atoms with Gasteiger partial charge in [0.2, 0.25) is 0 Å². The topological polar surface area (TPSA) is 60.2 Å². The molecule has 2 aromatic rings. The van der Waals surface area contributed by atoms with E-state index in [9.17, 15) is 4.79 Å². The van der Waals surface area contributed by atoms with E-state index in [4.69, 9.17) is 4.74 Å². The van der Waals surface area contributed by atoms with Crippen molar-refractivity contribution >= 4 is 17.1 Å². The van der Waals surface area contributed by atoms with Gasteiger partial charge in [-0.3, -0.25) is 4.98 Å². The zero-order chi connectivity index (χ0) is 14.1. The molecular weight excluding hydrogens is 256 g/mol. The average Bonchev–Trinajstić information content (AvgIpc) is 3.04. The van der Waals surface area contributed by atoms with E-state index in [1.54, 1.807) is 11.1 Å². The van der Waals surface area contributed by atoms with Crippen LogP contribution in [0.3, 0.4) is 0 Å². The first-order chi connectivity index (χ1) is 9.69. The Morgan fingerprint density at radius 2 is 2.35 bits per heavy atom. The second-order valence-corrected chi connectivity index (χ2v) is 5.05. The number of carbonyl (C=O) groups is 1. The molecule has 20 heavy (non-hydrogen) atoms. The van der Waals surface area contributed by atoms with Gasteiger partial charge in [0.15, 0.2) is 0 Å². The van der Waals surface area contributed by atoms with Crippen molar-refractivity contribution in [2.75, 3.05) is 19.7 Å². The van der Waals surface area contributed by atoms with Crippen LogP contribution in [0.5, 0.6) is 0 Å². The van der Waals surface area contributed by atoms with E-state index >= 15 is 0 Å². The number of imidazole rings is 1. The molecule has 1 fully saturated rings. The second kappa shape index (κ2) is 5.11. The first-order valence-electron chi connectivity index (χ1n) is 6.90. The van der Waals surface area contributed by atoms with Gasteiger partial charge in [-0.2, -0.15) is 0 Å². The molecule has 6 nitrogen and oxygen atoms in total. The maximum absolute atomic E-state index is 11.7. The Kier molecular flexibility index (Phi) is 3.30. The van der Waals surface area contributed by atoms with Crippen LogP contribution >= 0.6 is 0 Å². The summed E-state index contributed by atoms with van der Waals surface area (Å²) in [7, 11) is 0. The van der Waals surface area contributed by atoms with Crippen molar-refractivity contribution in [3.05, 3.63) is 24.3 Å². The van der Waals surface area contributed by atoms with Gasteiger partial charge in [-0.15, -0.1) is 0 Å². The zero-order valence-electron chi connectivity index (χ0n) is 11.7. The van der Waals surface area contributed by atoms with Crippen molar-refractivity contribution in [2.45, 2.75) is 26.3 Å². The Morgan fingerprint density at radius 3 is 3.15 bits per heavy atom. The quantitative estimate of drug-likeness (QED) is 0.841. The number of nitrogens with zero attached hydrogens (tertiary/aromatic N) is 4. The van der Waals surface area contributed by atoms with E-state index < -0.39 is 0 Å². The number of fused-ring (bicyclic) bond motifs is 1. The average molecular weight is 274 g/mol. The Labute approximate surface area is 117 Å². The van der Waals surface area contributed by atoms with E-state index in [1.807, 2.05) is 26.2 Å². The third kappa shape index (κ3) is 2.21. The molecule has 3 rings (SSSR count). The fourth-order valence-electron chi connectivity index (χ4n) is 2.67. The molecule has 0 N–H and O–H groups in total. The van der Waals surface area contributed by atoms with Crippen LogP contribution in [-0.2, 0) is 4.74 Å². The zero-order valence-corrected chi connectivity index (χ0v) is 11.7. The summed E-state index contributed by atoms with van der Waals surface area (Å²) in [5.41, 5.74) is 2.94. The van der Waals surface area contributed by atoms with Gasteiger partial charge in [-0.05, 0) is 26.3 Å². The molecule has 3 heterocycles. The Balaban J connectivity index is 1.83. The van der Waals surface area contributed by atoms with Crippen LogP contribution in [0.25, 0.3) is 11.0 Å². The minimum Gasteiger partial charge on any atom is -0.450 e. The Hall–Kier alpha value is -2.11. The normalized spacial score (nSPS) is 18.7. The number of ether oxygens (including phenoxy) is 1. The number of hydrogen-bond donors (Lipinski definition) is 0. The molecule has 0 unspecified atom stereocenters. The van der Waals surface area contributed by atoms with Gasteiger partial charge in [0.1, 0.15) is 5.52 Å². The maximum Gasteiger partial charge on any atom is 0.409 e. The molecule has 0 saturated carbocycles. The summed E-state index contributed by atoms with van der Waals surface area (Å²) >= 11 is 0. The highest BCUT2D eigenvalue weighted by Crippen LogP contribution is 2.26. The third-order valence-corrected chi connectivity index (χ3v) is 3.68. The molecule has 0 aromatic carbocycles. The van der Waals surface area contributed by atoms with Crippen LogP contribution in [0.2, 0.25) is 0 Å². The Morgan fingerprint density at radius 1 is 1.50 bits per heavy atom. The van der Waals surface area contributed by atoms with Crippen LogP contribution in [-0.4, -0.2) is 45.2 Å². The number of amides is 1. The highest BCUT2D eigenvalue weighted by molar-refractivity contribution is 5.75. The van der Waals surface area contributed by atoms with Gasteiger partial charge >= 0.3 is 6.09 Å². The molecule has 0 bridgehead atoms. The number of rotatable bonds is 2. The fraction of sp³-hybridized carbons (Fsp3) is 0.500. The lowest BCUT2D eigenvalue weighted by atomic mass is 10.2. The van der Waals surface area contributed by atoms with E-state index in [-0.39, 0.29) is 12.1 Å². The van der Waals surface area contributed by atoms with Crippen LogP contribution in [0.4, 0.5) is 4.79 Å². The van der Waals surface area contributed by atoms with E-state index in [0.717, 1.165) is 29.7 Å². The fourth-order valence-corrected chi connectivity index (χ4v) is 2.67. The SMILES string of the molecule is CCOC(=O)N1CC[C@@H](n2cnc3cnc(C)cc32)C1. The summed E-state index contributed by atoms with van der Waals surface area (Å²) in [5, 5.41) is 0. The van der Waals surface area contributed by atoms with Crippen molar-refractivity contribution in [2.24, 2.45) is 0 Å². The van der Waals surface area contributed by atoms with Gasteiger partial charge in [-0.1, -0.05) is 0 Å². The minimum atomic E-state index is -0.225. The summed E-state index contributed by atoms with van der Waals surface area (Å²) in [5.74, 6) is 0. The van der Waals surface area contributed by atoms with E-state index in [1.165, 1.54) is 0 Å². The van der Waals surface area contributed by atoms with Gasteiger partial charge < -0.3 is 14.2 Å². The summed E-state index contributed by atoms with van der Waals surface area (Å²) in [6.07, 6.45) is 4.33. The smallest absolute Gasteiger partial charge is 0.409 e. The first-order valence-corrected chi connectivity index (χ1v) is 6.90. The predicted octanol–water partition coefficient (Wildman–Crippen LogP) is 2.14. The molecule has 6 heteroatoms. The second-order valence-electron chi connectivity index (χ2n) is 5.05. The van der Waals surface area contributed by atoms with Crippen molar-refractivity contribution < 1.29 is 9.53 Å². The number of pyridine rings is 1. The molecule has 1 atom stereocenters. The molecule has 0 radical (unpaired) electrons. The minimum absolute atomic E-state index is 0.225. The lowest BCUT2D eigenvalue weighted by molar-refractivity contribution is 0.114. The van der Waals surface area contributed by atoms with Gasteiger partial charge in [0.05, 0.1) is 30.7 Å². The standard InChI is InChI=1S/C14H18N4O2/c1-3-20-14(19)17-5-4-11(8-17)18-9-16-12-7-15-10(2)6-13(12)18/h6-7,9,11H,3-5,8H2,1-2H3/t11-/m1/s1. The van der Waals surface area contributed by atoms with Crippen molar-refractivity contribution in [1.29, 1.82) is 0 Å². The Bertz CT molecular complexity index is 637. The van der Waals surface area contributed by atoms with E-state index in [2.05, 4.69) is 14.5 Å². The molecule has 0 spiro atoms. The molecule has 2 aromatic heterocycles. The molecular formula is C14H18N4O2. The largest absolute Gasteiger partial charge is 0.450 e.